The maximum absolute atomic E-state index is 6.47. The Morgan fingerprint density at radius 2 is 1.88 bits per heavy atom. The van der Waals surface area contributed by atoms with Crippen LogP contribution < -0.4 is 5.32 Å². The van der Waals surface area contributed by atoms with Crippen LogP contribution in [0.2, 0.25) is 0 Å². The van der Waals surface area contributed by atoms with E-state index in [1.807, 2.05) is 0 Å². The average molecular weight is 231 g/mol. The van der Waals surface area contributed by atoms with Gasteiger partial charge in [0.1, 0.15) is 0 Å². The zero-order valence-electron chi connectivity index (χ0n) is 10.5. The molecule has 2 unspecified atom stereocenters. The molecular formula is C15H21NO. The Hall–Kier alpha value is -0.860. The van der Waals surface area contributed by atoms with Crippen molar-refractivity contribution in [2.24, 2.45) is 0 Å². The smallest absolute Gasteiger partial charge is 0.0983 e. The molecule has 1 saturated carbocycles. The largest absolute Gasteiger partial charge is 0.364 e. The molecule has 17 heavy (non-hydrogen) atoms. The molecule has 2 heteroatoms. The fraction of sp³-hybridized carbons (Fsp3) is 0.600. The molecule has 92 valence electrons. The second kappa shape index (κ2) is 4.43. The number of nitrogens with one attached hydrogen (secondary N) is 1. The second-order valence-corrected chi connectivity index (χ2v) is 5.51. The minimum atomic E-state index is 0.118. The first-order valence-corrected chi connectivity index (χ1v) is 6.75. The molecule has 1 spiro atoms. The van der Waals surface area contributed by atoms with Gasteiger partial charge in [0.15, 0.2) is 0 Å². The Kier molecular flexibility index (Phi) is 2.93. The highest BCUT2D eigenvalue weighted by Gasteiger charge is 2.42. The fourth-order valence-corrected chi connectivity index (χ4v) is 3.18. The van der Waals surface area contributed by atoms with Crippen LogP contribution in [0.3, 0.4) is 0 Å². The van der Waals surface area contributed by atoms with Crippen molar-refractivity contribution in [3.8, 4) is 0 Å². The Labute approximate surface area is 103 Å². The van der Waals surface area contributed by atoms with Gasteiger partial charge in [0, 0.05) is 12.6 Å². The van der Waals surface area contributed by atoms with Gasteiger partial charge in [0.25, 0.3) is 0 Å². The van der Waals surface area contributed by atoms with Gasteiger partial charge in [-0.05, 0) is 25.3 Å². The van der Waals surface area contributed by atoms with Crippen molar-refractivity contribution in [1.29, 1.82) is 0 Å². The molecule has 1 aromatic rings. The van der Waals surface area contributed by atoms with E-state index < -0.39 is 0 Å². The highest BCUT2D eigenvalue weighted by molar-refractivity contribution is 5.20. The molecule has 1 aromatic carbocycles. The predicted molar refractivity (Wildman–Crippen MR) is 68.9 cm³/mol. The average Bonchev–Trinajstić information content (AvgIpc) is 2.82. The summed E-state index contributed by atoms with van der Waals surface area (Å²) >= 11 is 0. The van der Waals surface area contributed by atoms with E-state index in [0.29, 0.717) is 6.04 Å². The fourth-order valence-electron chi connectivity index (χ4n) is 3.18. The van der Waals surface area contributed by atoms with Crippen LogP contribution in [0.1, 0.15) is 44.3 Å². The van der Waals surface area contributed by atoms with Crippen LogP contribution in [0.5, 0.6) is 0 Å². The van der Waals surface area contributed by atoms with Crippen molar-refractivity contribution in [3.05, 3.63) is 35.9 Å². The highest BCUT2D eigenvalue weighted by atomic mass is 16.5. The van der Waals surface area contributed by atoms with E-state index in [9.17, 15) is 0 Å². The molecule has 1 heterocycles. The molecular weight excluding hydrogens is 210 g/mol. The monoisotopic (exact) mass is 231 g/mol. The molecule has 2 aliphatic rings. The minimum Gasteiger partial charge on any atom is -0.364 e. The lowest BCUT2D eigenvalue weighted by molar-refractivity contribution is -0.131. The zero-order valence-corrected chi connectivity index (χ0v) is 10.5. The van der Waals surface area contributed by atoms with Crippen molar-refractivity contribution in [2.45, 2.75) is 50.4 Å². The molecule has 0 amide bonds. The molecule has 1 aliphatic heterocycles. The Morgan fingerprint density at radius 1 is 1.18 bits per heavy atom. The minimum absolute atomic E-state index is 0.118. The third kappa shape index (κ3) is 2.12. The number of rotatable bonds is 1. The lowest BCUT2D eigenvalue weighted by Crippen LogP contribution is -2.53. The van der Waals surface area contributed by atoms with Gasteiger partial charge < -0.3 is 10.1 Å². The number of hydrogen-bond donors (Lipinski definition) is 1. The summed E-state index contributed by atoms with van der Waals surface area (Å²) in [5, 5.41) is 3.64. The van der Waals surface area contributed by atoms with Crippen LogP contribution in [0, 0.1) is 0 Å². The van der Waals surface area contributed by atoms with Crippen molar-refractivity contribution in [3.63, 3.8) is 0 Å². The maximum Gasteiger partial charge on any atom is 0.0983 e. The molecule has 3 rings (SSSR count). The standard InChI is InChI=1S/C15H21NO/c1-12-14(13-7-3-2-4-8-13)17-15(11-16-12)9-5-6-10-15/h2-4,7-8,12,14,16H,5-6,9-11H2,1H3. The lowest BCUT2D eigenvalue weighted by Gasteiger charge is -2.43. The van der Waals surface area contributed by atoms with Crippen LogP contribution in [0.4, 0.5) is 0 Å². The van der Waals surface area contributed by atoms with Crippen LogP contribution in [-0.2, 0) is 4.74 Å². The summed E-state index contributed by atoms with van der Waals surface area (Å²) in [6, 6.07) is 11.0. The second-order valence-electron chi connectivity index (χ2n) is 5.51. The first-order valence-electron chi connectivity index (χ1n) is 6.75. The van der Waals surface area contributed by atoms with Crippen molar-refractivity contribution < 1.29 is 4.74 Å². The van der Waals surface area contributed by atoms with Crippen molar-refractivity contribution in [1.82, 2.24) is 5.32 Å². The summed E-state index contributed by atoms with van der Waals surface area (Å²) in [7, 11) is 0. The molecule has 0 aromatic heterocycles. The summed E-state index contributed by atoms with van der Waals surface area (Å²) in [4.78, 5) is 0. The van der Waals surface area contributed by atoms with Crippen LogP contribution in [-0.4, -0.2) is 18.2 Å². The summed E-state index contributed by atoms with van der Waals surface area (Å²) in [5.41, 5.74) is 1.42. The van der Waals surface area contributed by atoms with Gasteiger partial charge in [-0.1, -0.05) is 43.2 Å². The Bertz CT molecular complexity index is 370. The van der Waals surface area contributed by atoms with Gasteiger partial charge in [-0.15, -0.1) is 0 Å². The zero-order chi connectivity index (χ0) is 11.7. The van der Waals surface area contributed by atoms with Gasteiger partial charge >= 0.3 is 0 Å². The number of benzene rings is 1. The number of hydrogen-bond acceptors (Lipinski definition) is 2. The molecule has 0 bridgehead atoms. The molecule has 1 N–H and O–H groups in total. The number of morpholine rings is 1. The third-order valence-electron chi connectivity index (χ3n) is 4.22. The summed E-state index contributed by atoms with van der Waals surface area (Å²) in [5.74, 6) is 0. The third-order valence-corrected chi connectivity index (χ3v) is 4.22. The summed E-state index contributed by atoms with van der Waals surface area (Å²) in [6.07, 6.45) is 5.28. The molecule has 2 nitrogen and oxygen atoms in total. The van der Waals surface area contributed by atoms with Gasteiger partial charge in [-0.2, -0.15) is 0 Å². The topological polar surface area (TPSA) is 21.3 Å². The van der Waals surface area contributed by atoms with Crippen LogP contribution in [0.15, 0.2) is 30.3 Å². The summed E-state index contributed by atoms with van der Waals surface area (Å²) in [6.45, 7) is 3.25. The van der Waals surface area contributed by atoms with E-state index in [4.69, 9.17) is 4.74 Å². The Balaban J connectivity index is 1.83. The normalized spacial score (nSPS) is 31.8. The van der Waals surface area contributed by atoms with Gasteiger partial charge in [0.2, 0.25) is 0 Å². The first-order chi connectivity index (χ1) is 8.29. The number of ether oxygens (including phenoxy) is 1. The van der Waals surface area contributed by atoms with E-state index in [1.165, 1.54) is 31.2 Å². The van der Waals surface area contributed by atoms with E-state index in [2.05, 4.69) is 42.6 Å². The molecule has 1 saturated heterocycles. The van der Waals surface area contributed by atoms with Crippen LogP contribution >= 0.6 is 0 Å². The van der Waals surface area contributed by atoms with E-state index in [-0.39, 0.29) is 11.7 Å². The molecule has 1 aliphatic carbocycles. The highest BCUT2D eigenvalue weighted by Crippen LogP contribution is 2.40. The van der Waals surface area contributed by atoms with Gasteiger partial charge in [-0.3, -0.25) is 0 Å². The molecule has 2 atom stereocenters. The summed E-state index contributed by atoms with van der Waals surface area (Å²) < 4.78 is 6.47. The van der Waals surface area contributed by atoms with Crippen molar-refractivity contribution >= 4 is 0 Å². The molecule has 0 radical (unpaired) electrons. The van der Waals surface area contributed by atoms with E-state index in [0.717, 1.165) is 6.54 Å². The molecule has 2 fully saturated rings. The Morgan fingerprint density at radius 3 is 2.59 bits per heavy atom. The first kappa shape index (κ1) is 11.2. The van der Waals surface area contributed by atoms with E-state index >= 15 is 0 Å². The lowest BCUT2D eigenvalue weighted by atomic mass is 9.94. The van der Waals surface area contributed by atoms with E-state index in [1.54, 1.807) is 0 Å². The van der Waals surface area contributed by atoms with Crippen molar-refractivity contribution in [2.75, 3.05) is 6.54 Å². The predicted octanol–water partition coefficient (Wildman–Crippen LogP) is 3.05. The van der Waals surface area contributed by atoms with Crippen LogP contribution in [0.25, 0.3) is 0 Å². The SMILES string of the molecule is CC1NCC2(CCCC2)OC1c1ccccc1. The quantitative estimate of drug-likeness (QED) is 0.802. The maximum atomic E-state index is 6.47. The van der Waals surface area contributed by atoms with Gasteiger partial charge in [0.05, 0.1) is 11.7 Å². The van der Waals surface area contributed by atoms with Gasteiger partial charge in [-0.25, -0.2) is 0 Å².